The molecule has 0 spiro atoms. The van der Waals surface area contributed by atoms with E-state index >= 15 is 0 Å². The normalized spacial score (nSPS) is 15.8. The molecule has 2 aromatic heterocycles. The molecule has 4 rings (SSSR count). The van der Waals surface area contributed by atoms with Gasteiger partial charge in [-0.1, -0.05) is 40.7 Å². The highest BCUT2D eigenvalue weighted by Crippen LogP contribution is 2.30. The van der Waals surface area contributed by atoms with Crippen LogP contribution in [0.3, 0.4) is 0 Å². The predicted octanol–water partition coefficient (Wildman–Crippen LogP) is 6.16. The minimum Gasteiger partial charge on any atom is -0.352 e. The number of anilines is 1. The largest absolute Gasteiger partial charge is 0.352 e. The Morgan fingerprint density at radius 3 is 2.56 bits per heavy atom. The zero-order valence-corrected chi connectivity index (χ0v) is 25.7. The van der Waals surface area contributed by atoms with Gasteiger partial charge in [-0.2, -0.15) is 5.26 Å². The SMILES string of the molecule is CC(C)/C=C(\C#N)C(=O)N1CCCC1Cn1c(NC(=O)c2ccc(C(F)F)s2)nc2cc(C(=O)NCC(C)(C)C)ccc21. The Morgan fingerprint density at radius 1 is 1.19 bits per heavy atom. The van der Waals surface area contributed by atoms with Crippen LogP contribution in [-0.2, 0) is 11.3 Å². The maximum Gasteiger partial charge on any atom is 0.272 e. The number of nitrogens with one attached hydrogen (secondary N) is 2. The van der Waals surface area contributed by atoms with Crippen molar-refractivity contribution in [3.63, 3.8) is 0 Å². The number of likely N-dealkylation sites (tertiary alicyclic amines) is 1. The minimum atomic E-state index is -2.69. The van der Waals surface area contributed by atoms with E-state index in [1.807, 2.05) is 40.7 Å². The maximum atomic E-state index is 13.3. The summed E-state index contributed by atoms with van der Waals surface area (Å²) < 4.78 is 28.1. The van der Waals surface area contributed by atoms with Crippen molar-refractivity contribution in [3.05, 3.63) is 57.3 Å². The second kappa shape index (κ2) is 13.0. The first kappa shape index (κ1) is 31.8. The number of nitrogens with zero attached hydrogens (tertiary/aromatic N) is 4. The van der Waals surface area contributed by atoms with Crippen LogP contribution >= 0.6 is 11.3 Å². The van der Waals surface area contributed by atoms with Gasteiger partial charge in [0.05, 0.1) is 26.8 Å². The van der Waals surface area contributed by atoms with Gasteiger partial charge in [-0.25, -0.2) is 13.8 Å². The molecule has 0 saturated carbocycles. The molecule has 1 unspecified atom stereocenters. The van der Waals surface area contributed by atoms with Crippen LogP contribution in [0, 0.1) is 22.7 Å². The second-order valence-corrected chi connectivity index (χ2v) is 13.3. The summed E-state index contributed by atoms with van der Waals surface area (Å²) in [6, 6.07) is 9.35. The van der Waals surface area contributed by atoms with Crippen molar-refractivity contribution in [2.24, 2.45) is 11.3 Å². The van der Waals surface area contributed by atoms with Gasteiger partial charge in [0.1, 0.15) is 11.6 Å². The fourth-order valence-electron chi connectivity index (χ4n) is 4.90. The monoisotopic (exact) mass is 610 g/mol. The number of rotatable bonds is 9. The first-order valence-electron chi connectivity index (χ1n) is 14.2. The fraction of sp³-hybridized carbons (Fsp3) is 0.452. The van der Waals surface area contributed by atoms with Crippen molar-refractivity contribution in [2.75, 3.05) is 18.4 Å². The third-order valence-electron chi connectivity index (χ3n) is 6.96. The number of alkyl halides is 2. The van der Waals surface area contributed by atoms with Crippen molar-refractivity contribution in [3.8, 4) is 6.07 Å². The summed E-state index contributed by atoms with van der Waals surface area (Å²) >= 11 is 0.701. The molecule has 1 atom stereocenters. The number of carbonyl (C=O) groups is 3. The molecule has 1 fully saturated rings. The molecule has 228 valence electrons. The van der Waals surface area contributed by atoms with Crippen molar-refractivity contribution in [1.29, 1.82) is 5.26 Å². The Labute approximate surface area is 253 Å². The van der Waals surface area contributed by atoms with E-state index in [2.05, 4.69) is 15.6 Å². The number of fused-ring (bicyclic) bond motifs is 1. The highest BCUT2D eigenvalue weighted by molar-refractivity contribution is 7.14. The third kappa shape index (κ3) is 7.65. The highest BCUT2D eigenvalue weighted by Gasteiger charge is 2.32. The lowest BCUT2D eigenvalue weighted by Gasteiger charge is -2.26. The lowest BCUT2D eigenvalue weighted by Crippen LogP contribution is -2.39. The highest BCUT2D eigenvalue weighted by atomic mass is 32.1. The Balaban J connectivity index is 1.69. The molecule has 3 heterocycles. The number of hydrogen-bond donors (Lipinski definition) is 2. The zero-order chi connectivity index (χ0) is 31.5. The third-order valence-corrected chi connectivity index (χ3v) is 8.05. The summed E-state index contributed by atoms with van der Waals surface area (Å²) in [4.78, 5) is 45.5. The first-order chi connectivity index (χ1) is 20.3. The molecule has 0 radical (unpaired) electrons. The van der Waals surface area contributed by atoms with Crippen LogP contribution in [0.1, 0.15) is 78.8 Å². The lowest BCUT2D eigenvalue weighted by molar-refractivity contribution is -0.127. The van der Waals surface area contributed by atoms with Crippen molar-refractivity contribution >= 4 is 46.0 Å². The van der Waals surface area contributed by atoms with E-state index < -0.39 is 12.3 Å². The average molecular weight is 611 g/mol. The van der Waals surface area contributed by atoms with Crippen molar-refractivity contribution < 1.29 is 23.2 Å². The smallest absolute Gasteiger partial charge is 0.272 e. The molecular formula is C31H36F2N6O3S. The quantitative estimate of drug-likeness (QED) is 0.222. The molecule has 2 N–H and O–H groups in total. The Morgan fingerprint density at radius 2 is 1.93 bits per heavy atom. The average Bonchev–Trinajstić information content (AvgIpc) is 3.69. The molecule has 12 heteroatoms. The molecule has 0 aliphatic carbocycles. The lowest BCUT2D eigenvalue weighted by atomic mass is 9.97. The maximum absolute atomic E-state index is 13.3. The van der Waals surface area contributed by atoms with E-state index in [1.54, 1.807) is 33.7 Å². The number of hydrogen-bond acceptors (Lipinski definition) is 6. The van der Waals surface area contributed by atoms with Gasteiger partial charge in [-0.3, -0.25) is 19.7 Å². The number of nitriles is 1. The number of thiophene rings is 1. The summed E-state index contributed by atoms with van der Waals surface area (Å²) in [5, 5.41) is 15.3. The van der Waals surface area contributed by atoms with Gasteiger partial charge in [0.15, 0.2) is 0 Å². The number of imidazole rings is 1. The molecule has 43 heavy (non-hydrogen) atoms. The molecule has 1 saturated heterocycles. The molecule has 0 bridgehead atoms. The van der Waals surface area contributed by atoms with Crippen LogP contribution in [0.15, 0.2) is 42.0 Å². The minimum absolute atomic E-state index is 0.0247. The molecule has 1 aromatic carbocycles. The van der Waals surface area contributed by atoms with E-state index in [0.717, 1.165) is 6.42 Å². The van der Waals surface area contributed by atoms with Crippen LogP contribution in [0.5, 0.6) is 0 Å². The number of allylic oxidation sites excluding steroid dienone is 1. The van der Waals surface area contributed by atoms with E-state index in [-0.39, 0.29) is 57.0 Å². The molecule has 9 nitrogen and oxygen atoms in total. The molecule has 1 aliphatic heterocycles. The van der Waals surface area contributed by atoms with Crippen LogP contribution in [0.2, 0.25) is 0 Å². The van der Waals surface area contributed by atoms with Gasteiger partial charge in [0.25, 0.3) is 24.1 Å². The van der Waals surface area contributed by atoms with Crippen LogP contribution in [-0.4, -0.2) is 51.3 Å². The Kier molecular flexibility index (Phi) is 9.65. The predicted molar refractivity (Wildman–Crippen MR) is 162 cm³/mol. The van der Waals surface area contributed by atoms with E-state index in [4.69, 9.17) is 0 Å². The van der Waals surface area contributed by atoms with Crippen molar-refractivity contribution in [1.82, 2.24) is 19.8 Å². The fourth-order valence-corrected chi connectivity index (χ4v) is 5.66. The summed E-state index contributed by atoms with van der Waals surface area (Å²) in [7, 11) is 0. The number of halogens is 2. The topological polar surface area (TPSA) is 120 Å². The van der Waals surface area contributed by atoms with Gasteiger partial charge < -0.3 is 14.8 Å². The van der Waals surface area contributed by atoms with Crippen molar-refractivity contribution in [2.45, 2.75) is 66.5 Å². The summed E-state index contributed by atoms with van der Waals surface area (Å²) in [6.07, 6.45) is 0.383. The standard InChI is InChI=1S/C31H36F2N6O3S/c1-18(2)13-20(15-34)29(42)38-12-6-7-21(38)16-39-23-9-8-19(27(40)35-17-31(3,4)5)14-22(23)36-30(39)37-28(41)25-11-10-24(43-25)26(32)33/h8-11,13-14,18,21,26H,6-7,12,16-17H2,1-5H3,(H,35,40)(H,36,37,41)/b20-13+. The summed E-state index contributed by atoms with van der Waals surface area (Å²) in [6.45, 7) is 11.1. The molecule has 1 aliphatic rings. The Hall–Kier alpha value is -4.11. The summed E-state index contributed by atoms with van der Waals surface area (Å²) in [5.74, 6) is -1.01. The van der Waals surface area contributed by atoms with E-state index in [9.17, 15) is 28.4 Å². The molecule has 3 amide bonds. The second-order valence-electron chi connectivity index (χ2n) is 12.2. The molecule has 3 aromatic rings. The van der Waals surface area contributed by atoms with E-state index in [1.165, 1.54) is 12.1 Å². The van der Waals surface area contributed by atoms with Crippen LogP contribution in [0.4, 0.5) is 14.7 Å². The Bertz CT molecular complexity index is 1590. The van der Waals surface area contributed by atoms with Gasteiger partial charge in [0.2, 0.25) is 5.95 Å². The van der Waals surface area contributed by atoms with Crippen LogP contribution in [0.25, 0.3) is 11.0 Å². The number of carbonyl (C=O) groups excluding carboxylic acids is 3. The number of benzene rings is 1. The number of aromatic nitrogens is 2. The van der Waals surface area contributed by atoms with Gasteiger partial charge >= 0.3 is 0 Å². The first-order valence-corrected chi connectivity index (χ1v) is 15.0. The van der Waals surface area contributed by atoms with Gasteiger partial charge in [-0.05, 0) is 54.5 Å². The number of amides is 3. The molecular weight excluding hydrogens is 574 g/mol. The zero-order valence-electron chi connectivity index (χ0n) is 24.9. The van der Waals surface area contributed by atoms with Crippen LogP contribution < -0.4 is 10.6 Å². The van der Waals surface area contributed by atoms with Gasteiger partial charge in [0, 0.05) is 25.2 Å². The van der Waals surface area contributed by atoms with Gasteiger partial charge in [-0.15, -0.1) is 11.3 Å². The summed E-state index contributed by atoms with van der Waals surface area (Å²) in [5.41, 5.74) is 1.45. The van der Waals surface area contributed by atoms with E-state index in [0.29, 0.717) is 47.4 Å².